The zero-order valence-electron chi connectivity index (χ0n) is 7.76. The summed E-state index contributed by atoms with van der Waals surface area (Å²) in [5.41, 5.74) is 0. The molecule has 3 heteroatoms. The van der Waals surface area contributed by atoms with Crippen LogP contribution in [0.15, 0.2) is 0 Å². The predicted molar refractivity (Wildman–Crippen MR) is 44.1 cm³/mol. The summed E-state index contributed by atoms with van der Waals surface area (Å²) in [6.45, 7) is 6.02. The quantitative estimate of drug-likeness (QED) is 0.647. The van der Waals surface area contributed by atoms with Gasteiger partial charge in [-0.3, -0.25) is 0 Å². The third kappa shape index (κ3) is 23.6. The van der Waals surface area contributed by atoms with E-state index in [2.05, 4.69) is 10.2 Å². The maximum Gasteiger partial charge on any atom is 0 e. The fourth-order valence-corrected chi connectivity index (χ4v) is 0.300. The van der Waals surface area contributed by atoms with E-state index in [4.69, 9.17) is 0 Å². The van der Waals surface area contributed by atoms with E-state index < -0.39 is 0 Å². The van der Waals surface area contributed by atoms with Crippen LogP contribution < -0.4 is 0 Å². The summed E-state index contributed by atoms with van der Waals surface area (Å²) in [5, 5.41) is 3.93. The normalized spacial score (nSPS) is 7.80. The van der Waals surface area contributed by atoms with Crippen LogP contribution in [0.2, 0.25) is 0 Å². The van der Waals surface area contributed by atoms with Crippen LogP contribution in [-0.4, -0.2) is 39.1 Å². The van der Waals surface area contributed by atoms with Gasteiger partial charge in [0.25, 0.3) is 0 Å². The molecule has 0 aliphatic carbocycles. The Bertz CT molecular complexity index is 40.6. The van der Waals surface area contributed by atoms with E-state index in [-0.39, 0.29) is 18.6 Å². The predicted octanol–water partition coefficient (Wildman–Crippen LogP) is 1.58. The molecular weight excluding hydrogens is 163 g/mol. The zero-order chi connectivity index (χ0) is 7.70. The van der Waals surface area contributed by atoms with Gasteiger partial charge in [-0.05, 0) is 20.6 Å². The fourth-order valence-electron chi connectivity index (χ4n) is 0.300. The third-order valence-corrected chi connectivity index (χ3v) is 0.771. The molecule has 0 aliphatic rings. The van der Waals surface area contributed by atoms with Gasteiger partial charge in [0.1, 0.15) is 0 Å². The molecule has 10 heavy (non-hydrogen) atoms. The van der Waals surface area contributed by atoms with Crippen LogP contribution in [0.25, 0.3) is 5.32 Å². The summed E-state index contributed by atoms with van der Waals surface area (Å²) >= 11 is 0. The average molecular weight is 182 g/mol. The van der Waals surface area contributed by atoms with Crippen molar-refractivity contribution >= 4 is 0 Å². The second-order valence-electron chi connectivity index (χ2n) is 1.84. The van der Waals surface area contributed by atoms with Crippen molar-refractivity contribution in [3.63, 3.8) is 0 Å². The molecule has 0 rings (SSSR count). The van der Waals surface area contributed by atoms with E-state index in [0.29, 0.717) is 0 Å². The van der Waals surface area contributed by atoms with Gasteiger partial charge in [-0.25, -0.2) is 0 Å². The molecule has 0 aromatic rings. The smallest absolute Gasteiger partial charge is 0 e. The molecule has 2 nitrogen and oxygen atoms in total. The molecule has 0 aromatic heterocycles. The summed E-state index contributed by atoms with van der Waals surface area (Å²) in [6, 6.07) is 0. The second kappa shape index (κ2) is 16.2. The van der Waals surface area contributed by atoms with Crippen LogP contribution in [-0.2, 0) is 18.6 Å². The van der Waals surface area contributed by atoms with Gasteiger partial charge in [0.15, 0.2) is 0 Å². The Morgan fingerprint density at radius 1 is 1.20 bits per heavy atom. The maximum atomic E-state index is 3.93. The molecule has 0 heterocycles. The molecule has 0 spiro atoms. The van der Waals surface area contributed by atoms with Gasteiger partial charge in [0.05, 0.1) is 0 Å². The van der Waals surface area contributed by atoms with E-state index in [1.54, 1.807) is 0 Å². The summed E-state index contributed by atoms with van der Waals surface area (Å²) in [7, 11) is 5.93. The first-order valence-electron chi connectivity index (χ1n) is 3.47. The van der Waals surface area contributed by atoms with Crippen molar-refractivity contribution in [1.82, 2.24) is 4.90 Å². The molecule has 0 amide bonds. The SMILES string of the molecule is CC.C[N-]CCN(C)C.[V]. The van der Waals surface area contributed by atoms with Crippen LogP contribution >= 0.6 is 0 Å². The minimum absolute atomic E-state index is 0. The van der Waals surface area contributed by atoms with Crippen molar-refractivity contribution in [2.45, 2.75) is 13.8 Å². The molecule has 1 radical (unpaired) electrons. The van der Waals surface area contributed by atoms with Crippen LogP contribution in [0.4, 0.5) is 0 Å². The van der Waals surface area contributed by atoms with E-state index in [1.165, 1.54) is 0 Å². The Morgan fingerprint density at radius 2 is 1.60 bits per heavy atom. The van der Waals surface area contributed by atoms with Crippen molar-refractivity contribution in [2.75, 3.05) is 34.2 Å². The molecule has 0 atom stereocenters. The zero-order valence-corrected chi connectivity index (χ0v) is 9.15. The van der Waals surface area contributed by atoms with Crippen molar-refractivity contribution in [3.05, 3.63) is 5.32 Å². The molecule has 0 bridgehead atoms. The molecule has 0 saturated carbocycles. The number of nitrogens with zero attached hydrogens (tertiary/aromatic N) is 2. The van der Waals surface area contributed by atoms with Crippen LogP contribution in [0.5, 0.6) is 0 Å². The molecular formula is C7H19N2V-. The van der Waals surface area contributed by atoms with Crippen molar-refractivity contribution in [1.29, 1.82) is 0 Å². The first kappa shape index (κ1) is 16.8. The minimum atomic E-state index is 0. The average Bonchev–Trinajstić information content (AvgIpc) is 1.88. The van der Waals surface area contributed by atoms with Crippen LogP contribution in [0.3, 0.4) is 0 Å². The Kier molecular flexibility index (Phi) is 27.4. The van der Waals surface area contributed by atoms with Crippen molar-refractivity contribution < 1.29 is 18.6 Å². The van der Waals surface area contributed by atoms with Crippen LogP contribution in [0, 0.1) is 0 Å². The molecule has 0 aromatic carbocycles. The van der Waals surface area contributed by atoms with E-state index in [0.717, 1.165) is 13.1 Å². The molecule has 0 N–H and O–H groups in total. The van der Waals surface area contributed by atoms with Gasteiger partial charge in [-0.15, -0.1) is 6.54 Å². The number of likely N-dealkylation sites (N-methyl/N-ethyl adjacent to an activating group) is 2. The first-order chi connectivity index (χ1) is 4.27. The van der Waals surface area contributed by atoms with Gasteiger partial charge in [0.2, 0.25) is 0 Å². The van der Waals surface area contributed by atoms with Crippen molar-refractivity contribution in [3.8, 4) is 0 Å². The van der Waals surface area contributed by atoms with Gasteiger partial charge < -0.3 is 10.2 Å². The third-order valence-electron chi connectivity index (χ3n) is 0.771. The molecule has 0 saturated heterocycles. The summed E-state index contributed by atoms with van der Waals surface area (Å²) < 4.78 is 0. The molecule has 0 fully saturated rings. The van der Waals surface area contributed by atoms with Gasteiger partial charge >= 0.3 is 0 Å². The number of hydrogen-bond acceptors (Lipinski definition) is 1. The Balaban J connectivity index is -0.000000149. The topological polar surface area (TPSA) is 17.3 Å². The standard InChI is InChI=1S/C5H13N2.C2H6.V/c1-6-4-5-7(2)3;1-2;/h4-5H2,1-3H3;1-2H3;/q-1;;. The largest absolute Gasteiger partial charge is 0.664 e. The second-order valence-corrected chi connectivity index (χ2v) is 1.84. The monoisotopic (exact) mass is 182 g/mol. The molecule has 0 unspecified atom stereocenters. The van der Waals surface area contributed by atoms with E-state index >= 15 is 0 Å². The number of rotatable bonds is 3. The Morgan fingerprint density at radius 3 is 1.70 bits per heavy atom. The fraction of sp³-hybridized carbons (Fsp3) is 1.00. The van der Waals surface area contributed by atoms with Gasteiger partial charge in [0, 0.05) is 18.6 Å². The van der Waals surface area contributed by atoms with E-state index in [1.807, 2.05) is 35.0 Å². The molecule has 0 aliphatic heterocycles. The summed E-state index contributed by atoms with van der Waals surface area (Å²) in [6.07, 6.45) is 0. The first-order valence-corrected chi connectivity index (χ1v) is 3.47. The molecule has 63 valence electrons. The maximum absolute atomic E-state index is 3.93. The Labute approximate surface area is 77.3 Å². The number of hydrogen-bond donors (Lipinski definition) is 0. The summed E-state index contributed by atoms with van der Waals surface area (Å²) in [4.78, 5) is 2.12. The van der Waals surface area contributed by atoms with Crippen LogP contribution in [0.1, 0.15) is 13.8 Å². The Hall–Kier alpha value is 0.504. The summed E-state index contributed by atoms with van der Waals surface area (Å²) in [5.74, 6) is 0. The van der Waals surface area contributed by atoms with Gasteiger partial charge in [-0.1, -0.05) is 13.8 Å². The van der Waals surface area contributed by atoms with Gasteiger partial charge in [-0.2, -0.15) is 7.05 Å². The van der Waals surface area contributed by atoms with E-state index in [9.17, 15) is 0 Å². The van der Waals surface area contributed by atoms with Crippen molar-refractivity contribution in [2.24, 2.45) is 0 Å². The minimum Gasteiger partial charge on any atom is -0.664 e.